The van der Waals surface area contributed by atoms with Gasteiger partial charge in [-0.25, -0.2) is 0 Å². The van der Waals surface area contributed by atoms with Crippen LogP contribution in [0.2, 0.25) is 5.02 Å². The van der Waals surface area contributed by atoms with Crippen LogP contribution in [0, 0.1) is 0 Å². The van der Waals surface area contributed by atoms with Crippen LogP contribution in [-0.2, 0) is 4.79 Å². The zero-order valence-electron chi connectivity index (χ0n) is 13.7. The van der Waals surface area contributed by atoms with Crippen LogP contribution in [-0.4, -0.2) is 52.6 Å². The number of amides is 2. The number of rotatable bonds is 5. The number of nitrogens with one attached hydrogen (secondary N) is 2. The molecule has 0 saturated carbocycles. The van der Waals surface area contributed by atoms with E-state index in [-0.39, 0.29) is 24.4 Å². The van der Waals surface area contributed by atoms with Gasteiger partial charge in [-0.2, -0.15) is 5.10 Å². The number of likely N-dealkylation sites (tertiary alicyclic amines) is 1. The van der Waals surface area contributed by atoms with Gasteiger partial charge in [0.15, 0.2) is 0 Å². The van der Waals surface area contributed by atoms with Crippen LogP contribution in [0.5, 0.6) is 0 Å². The van der Waals surface area contributed by atoms with E-state index in [0.29, 0.717) is 16.4 Å². The molecule has 2 aromatic rings. The summed E-state index contributed by atoms with van der Waals surface area (Å²) in [7, 11) is 0. The Balaban J connectivity index is 1.58. The Kier molecular flexibility index (Phi) is 5.35. The Bertz CT molecular complexity index is 768. The third kappa shape index (κ3) is 4.37. The maximum absolute atomic E-state index is 12.4. The highest BCUT2D eigenvalue weighted by atomic mass is 35.5. The van der Waals surface area contributed by atoms with Crippen molar-refractivity contribution in [2.45, 2.75) is 18.9 Å². The van der Waals surface area contributed by atoms with Gasteiger partial charge in [0.05, 0.1) is 17.3 Å². The number of primary amides is 1. The fraction of sp³-hybridized carbons (Fsp3) is 0.353. The number of piperidine rings is 1. The zero-order chi connectivity index (χ0) is 17.8. The maximum atomic E-state index is 12.4. The second-order valence-corrected chi connectivity index (χ2v) is 6.54. The average molecular weight is 362 g/mol. The van der Waals surface area contributed by atoms with Crippen molar-refractivity contribution in [3.8, 4) is 11.3 Å². The smallest absolute Gasteiger partial charge is 0.269 e. The van der Waals surface area contributed by atoms with E-state index in [1.54, 1.807) is 12.1 Å². The lowest BCUT2D eigenvalue weighted by molar-refractivity contribution is -0.119. The van der Waals surface area contributed by atoms with E-state index in [0.717, 1.165) is 31.5 Å². The highest BCUT2D eigenvalue weighted by Gasteiger charge is 2.22. The highest BCUT2D eigenvalue weighted by Crippen LogP contribution is 2.26. The molecule has 0 unspecified atom stereocenters. The van der Waals surface area contributed by atoms with Gasteiger partial charge in [-0.1, -0.05) is 29.8 Å². The largest absolute Gasteiger partial charge is 0.369 e. The Labute approximate surface area is 150 Å². The molecule has 1 aliphatic heterocycles. The second-order valence-electron chi connectivity index (χ2n) is 6.14. The molecule has 1 fully saturated rings. The molecule has 2 amide bonds. The molecule has 0 atom stereocenters. The van der Waals surface area contributed by atoms with Crippen molar-refractivity contribution in [1.29, 1.82) is 0 Å². The number of aromatic nitrogens is 2. The van der Waals surface area contributed by atoms with Gasteiger partial charge in [-0.15, -0.1) is 0 Å². The molecular weight excluding hydrogens is 342 g/mol. The number of carbonyl (C=O) groups is 2. The summed E-state index contributed by atoms with van der Waals surface area (Å²) < 4.78 is 0. The van der Waals surface area contributed by atoms with Gasteiger partial charge >= 0.3 is 0 Å². The van der Waals surface area contributed by atoms with Crippen molar-refractivity contribution in [3.05, 3.63) is 41.0 Å². The van der Waals surface area contributed by atoms with Crippen molar-refractivity contribution in [3.63, 3.8) is 0 Å². The van der Waals surface area contributed by atoms with E-state index >= 15 is 0 Å². The number of carbonyl (C=O) groups excluding carboxylic acids is 2. The molecule has 0 aliphatic carbocycles. The van der Waals surface area contributed by atoms with Crippen molar-refractivity contribution >= 4 is 23.4 Å². The maximum Gasteiger partial charge on any atom is 0.269 e. The summed E-state index contributed by atoms with van der Waals surface area (Å²) in [6.07, 6.45) is 1.56. The van der Waals surface area contributed by atoms with E-state index in [9.17, 15) is 9.59 Å². The first-order valence-corrected chi connectivity index (χ1v) is 8.52. The minimum Gasteiger partial charge on any atom is -0.369 e. The molecule has 2 heterocycles. The molecule has 1 aromatic carbocycles. The lowest BCUT2D eigenvalue weighted by Crippen LogP contribution is -2.46. The molecule has 0 radical (unpaired) electrons. The average Bonchev–Trinajstić information content (AvgIpc) is 3.06. The number of hydrogen-bond acceptors (Lipinski definition) is 4. The Morgan fingerprint density at radius 1 is 1.32 bits per heavy atom. The predicted octanol–water partition coefficient (Wildman–Crippen LogP) is 1.41. The van der Waals surface area contributed by atoms with Gasteiger partial charge in [-0.3, -0.25) is 19.6 Å². The Morgan fingerprint density at radius 2 is 2.04 bits per heavy atom. The number of halogens is 1. The normalized spacial score (nSPS) is 15.9. The summed E-state index contributed by atoms with van der Waals surface area (Å²) in [5.74, 6) is -0.522. The lowest BCUT2D eigenvalue weighted by atomic mass is 10.0. The lowest BCUT2D eigenvalue weighted by Gasteiger charge is -2.31. The van der Waals surface area contributed by atoms with Gasteiger partial charge < -0.3 is 11.1 Å². The molecule has 1 aromatic heterocycles. The van der Waals surface area contributed by atoms with Gasteiger partial charge in [0.1, 0.15) is 5.69 Å². The van der Waals surface area contributed by atoms with Crippen molar-refractivity contribution in [1.82, 2.24) is 20.4 Å². The van der Waals surface area contributed by atoms with Crippen LogP contribution in [0.25, 0.3) is 11.3 Å². The van der Waals surface area contributed by atoms with E-state index in [1.165, 1.54) is 0 Å². The number of nitrogens with zero attached hydrogens (tertiary/aromatic N) is 2. The van der Waals surface area contributed by atoms with Crippen LogP contribution in [0.1, 0.15) is 23.3 Å². The number of H-pyrrole nitrogens is 1. The molecule has 0 spiro atoms. The number of aromatic amines is 1. The fourth-order valence-electron chi connectivity index (χ4n) is 2.96. The third-order valence-corrected chi connectivity index (χ3v) is 4.60. The van der Waals surface area contributed by atoms with Gasteiger partial charge in [0, 0.05) is 24.7 Å². The molecular formula is C17H20ClN5O2. The van der Waals surface area contributed by atoms with E-state index in [2.05, 4.69) is 15.5 Å². The van der Waals surface area contributed by atoms with Crippen molar-refractivity contribution in [2.24, 2.45) is 5.73 Å². The molecule has 7 nitrogen and oxygen atoms in total. The number of benzene rings is 1. The molecule has 1 aliphatic rings. The number of nitrogens with two attached hydrogens (primary N) is 1. The SMILES string of the molecule is NC(=O)CN1CCC(NC(=O)c2cc(-c3ccccc3Cl)n[nH]2)CC1. The first kappa shape index (κ1) is 17.4. The Morgan fingerprint density at radius 3 is 2.72 bits per heavy atom. The molecule has 1 saturated heterocycles. The topological polar surface area (TPSA) is 104 Å². The summed E-state index contributed by atoms with van der Waals surface area (Å²) in [4.78, 5) is 25.3. The van der Waals surface area contributed by atoms with Crippen LogP contribution < -0.4 is 11.1 Å². The monoisotopic (exact) mass is 361 g/mol. The van der Waals surface area contributed by atoms with E-state index in [1.807, 2.05) is 23.1 Å². The molecule has 8 heteroatoms. The quantitative estimate of drug-likeness (QED) is 0.748. The zero-order valence-corrected chi connectivity index (χ0v) is 14.4. The molecule has 132 valence electrons. The van der Waals surface area contributed by atoms with Crippen LogP contribution in [0.15, 0.2) is 30.3 Å². The second kappa shape index (κ2) is 7.67. The minimum atomic E-state index is -0.327. The van der Waals surface area contributed by atoms with Crippen LogP contribution >= 0.6 is 11.6 Å². The van der Waals surface area contributed by atoms with Gasteiger partial charge in [-0.05, 0) is 25.0 Å². The summed E-state index contributed by atoms with van der Waals surface area (Å²) >= 11 is 6.16. The molecule has 3 rings (SSSR count). The van der Waals surface area contributed by atoms with E-state index in [4.69, 9.17) is 17.3 Å². The Hall–Kier alpha value is -2.38. The third-order valence-electron chi connectivity index (χ3n) is 4.27. The summed E-state index contributed by atoms with van der Waals surface area (Å²) in [6, 6.07) is 9.12. The number of hydrogen-bond donors (Lipinski definition) is 3. The van der Waals surface area contributed by atoms with Gasteiger partial charge in [0.2, 0.25) is 5.91 Å². The summed E-state index contributed by atoms with van der Waals surface area (Å²) in [5, 5.41) is 10.5. The predicted molar refractivity (Wildman–Crippen MR) is 95.2 cm³/mol. The van der Waals surface area contributed by atoms with Crippen LogP contribution in [0.3, 0.4) is 0 Å². The summed E-state index contributed by atoms with van der Waals surface area (Å²) in [6.45, 7) is 1.74. The fourth-order valence-corrected chi connectivity index (χ4v) is 3.20. The standard InChI is InChI=1S/C17H20ClN5O2/c18-13-4-2-1-3-12(13)14-9-15(22-21-14)17(25)20-11-5-7-23(8-6-11)10-16(19)24/h1-4,9,11H,5-8,10H2,(H2,19,24)(H,20,25)(H,21,22). The molecule has 4 N–H and O–H groups in total. The van der Waals surface area contributed by atoms with E-state index < -0.39 is 0 Å². The molecule has 25 heavy (non-hydrogen) atoms. The summed E-state index contributed by atoms with van der Waals surface area (Å²) in [5.41, 5.74) is 7.01. The first-order valence-electron chi connectivity index (χ1n) is 8.15. The molecule has 0 bridgehead atoms. The first-order chi connectivity index (χ1) is 12.0. The highest BCUT2D eigenvalue weighted by molar-refractivity contribution is 6.33. The minimum absolute atomic E-state index is 0.0729. The van der Waals surface area contributed by atoms with Crippen molar-refractivity contribution in [2.75, 3.05) is 19.6 Å². The van der Waals surface area contributed by atoms with Crippen LogP contribution in [0.4, 0.5) is 0 Å². The van der Waals surface area contributed by atoms with Crippen molar-refractivity contribution < 1.29 is 9.59 Å². The van der Waals surface area contributed by atoms with Gasteiger partial charge in [0.25, 0.3) is 5.91 Å².